The van der Waals surface area contributed by atoms with E-state index in [1.165, 1.54) is 0 Å². The fraction of sp³-hybridized carbons (Fsp3) is 0.263. The van der Waals surface area contributed by atoms with Crippen molar-refractivity contribution in [3.05, 3.63) is 53.6 Å². The molecule has 5 nitrogen and oxygen atoms in total. The van der Waals surface area contributed by atoms with Crippen molar-refractivity contribution in [3.8, 4) is 5.75 Å². The van der Waals surface area contributed by atoms with Crippen LogP contribution in [-0.4, -0.2) is 18.4 Å². The molecular formula is C19H19ClN2O3. The topological polar surface area (TPSA) is 67.4 Å². The molecule has 1 saturated carbocycles. The lowest BCUT2D eigenvalue weighted by molar-refractivity contribution is -0.117. The van der Waals surface area contributed by atoms with E-state index in [1.807, 2.05) is 0 Å². The highest BCUT2D eigenvalue weighted by Crippen LogP contribution is 2.30. The number of hydrogen-bond acceptors (Lipinski definition) is 3. The van der Waals surface area contributed by atoms with Gasteiger partial charge in [-0.05, 0) is 55.3 Å². The second-order valence-electron chi connectivity index (χ2n) is 5.94. The van der Waals surface area contributed by atoms with E-state index in [1.54, 1.807) is 48.5 Å². The van der Waals surface area contributed by atoms with Crippen molar-refractivity contribution >= 4 is 34.8 Å². The van der Waals surface area contributed by atoms with Crippen molar-refractivity contribution in [2.45, 2.75) is 19.3 Å². The van der Waals surface area contributed by atoms with Gasteiger partial charge in [0.1, 0.15) is 5.75 Å². The highest BCUT2D eigenvalue weighted by atomic mass is 35.5. The highest BCUT2D eigenvalue weighted by molar-refractivity contribution is 6.30. The summed E-state index contributed by atoms with van der Waals surface area (Å²) >= 11 is 5.81. The summed E-state index contributed by atoms with van der Waals surface area (Å²) in [7, 11) is 0. The second-order valence-corrected chi connectivity index (χ2v) is 6.38. The van der Waals surface area contributed by atoms with Gasteiger partial charge in [-0.2, -0.15) is 0 Å². The third-order valence-electron chi connectivity index (χ3n) is 3.77. The first-order valence-electron chi connectivity index (χ1n) is 8.19. The molecule has 0 aromatic heterocycles. The van der Waals surface area contributed by atoms with Crippen LogP contribution in [0.25, 0.3) is 0 Å². The van der Waals surface area contributed by atoms with E-state index in [-0.39, 0.29) is 30.8 Å². The molecule has 3 rings (SSSR count). The summed E-state index contributed by atoms with van der Waals surface area (Å²) in [6.07, 6.45) is 2.13. The highest BCUT2D eigenvalue weighted by Gasteiger charge is 2.29. The van der Waals surface area contributed by atoms with Gasteiger partial charge in [0.05, 0.1) is 13.0 Å². The Morgan fingerprint density at radius 3 is 2.40 bits per heavy atom. The van der Waals surface area contributed by atoms with E-state index in [9.17, 15) is 9.59 Å². The van der Waals surface area contributed by atoms with Gasteiger partial charge in [0.2, 0.25) is 11.8 Å². The van der Waals surface area contributed by atoms with Crippen LogP contribution >= 0.6 is 11.6 Å². The summed E-state index contributed by atoms with van der Waals surface area (Å²) in [6.45, 7) is 0.269. The molecule has 0 aliphatic heterocycles. The number of hydrogen-bond donors (Lipinski definition) is 2. The van der Waals surface area contributed by atoms with Crippen molar-refractivity contribution in [1.29, 1.82) is 0 Å². The zero-order chi connectivity index (χ0) is 17.6. The van der Waals surface area contributed by atoms with Crippen molar-refractivity contribution in [2.75, 3.05) is 17.2 Å². The molecule has 2 aromatic rings. The SMILES string of the molecule is O=C(CCOc1ccc(Cl)cc1)Nc1cccc(NC(=O)C2CC2)c1. The number of rotatable bonds is 7. The summed E-state index contributed by atoms with van der Waals surface area (Å²) in [5.41, 5.74) is 1.33. The summed E-state index contributed by atoms with van der Waals surface area (Å²) in [5.74, 6) is 0.699. The number of halogens is 1. The van der Waals surface area contributed by atoms with Crippen LogP contribution in [-0.2, 0) is 9.59 Å². The second kappa shape index (κ2) is 8.03. The summed E-state index contributed by atoms with van der Waals surface area (Å²) < 4.78 is 5.50. The van der Waals surface area contributed by atoms with Gasteiger partial charge in [-0.15, -0.1) is 0 Å². The molecule has 0 saturated heterocycles. The Labute approximate surface area is 151 Å². The number of amides is 2. The van der Waals surface area contributed by atoms with Gasteiger partial charge in [-0.1, -0.05) is 17.7 Å². The summed E-state index contributed by atoms with van der Waals surface area (Å²) in [4.78, 5) is 23.8. The molecule has 2 aromatic carbocycles. The fourth-order valence-electron chi connectivity index (χ4n) is 2.28. The van der Waals surface area contributed by atoms with Crippen LogP contribution in [0.15, 0.2) is 48.5 Å². The molecule has 1 aliphatic rings. The zero-order valence-corrected chi connectivity index (χ0v) is 14.4. The molecule has 1 fully saturated rings. The molecule has 0 atom stereocenters. The van der Waals surface area contributed by atoms with E-state index in [0.717, 1.165) is 12.8 Å². The van der Waals surface area contributed by atoms with Crippen LogP contribution in [0.4, 0.5) is 11.4 Å². The minimum atomic E-state index is -0.153. The van der Waals surface area contributed by atoms with E-state index >= 15 is 0 Å². The van der Waals surface area contributed by atoms with Crippen LogP contribution in [0.1, 0.15) is 19.3 Å². The van der Waals surface area contributed by atoms with Gasteiger partial charge in [0, 0.05) is 22.3 Å². The lowest BCUT2D eigenvalue weighted by Gasteiger charge is -2.09. The first-order valence-corrected chi connectivity index (χ1v) is 8.57. The average molecular weight is 359 g/mol. The molecular weight excluding hydrogens is 340 g/mol. The van der Waals surface area contributed by atoms with Crippen molar-refractivity contribution in [2.24, 2.45) is 5.92 Å². The van der Waals surface area contributed by atoms with Gasteiger partial charge in [-0.3, -0.25) is 9.59 Å². The maximum absolute atomic E-state index is 12.0. The Balaban J connectivity index is 1.45. The maximum Gasteiger partial charge on any atom is 0.227 e. The van der Waals surface area contributed by atoms with Crippen LogP contribution in [0.3, 0.4) is 0 Å². The largest absolute Gasteiger partial charge is 0.493 e. The molecule has 0 unspecified atom stereocenters. The Kier molecular flexibility index (Phi) is 5.56. The van der Waals surface area contributed by atoms with Crippen LogP contribution in [0.5, 0.6) is 5.75 Å². The summed E-state index contributed by atoms with van der Waals surface area (Å²) in [5, 5.41) is 6.30. The average Bonchev–Trinajstić information content (AvgIpc) is 3.42. The lowest BCUT2D eigenvalue weighted by atomic mass is 10.2. The first kappa shape index (κ1) is 17.3. The quantitative estimate of drug-likeness (QED) is 0.783. The molecule has 6 heteroatoms. The lowest BCUT2D eigenvalue weighted by Crippen LogP contribution is -2.16. The standard InChI is InChI=1S/C19H19ClN2O3/c20-14-6-8-17(9-7-14)25-11-10-18(23)21-15-2-1-3-16(12-15)22-19(24)13-4-5-13/h1-3,6-9,12-13H,4-5,10-11H2,(H,21,23)(H,22,24). The molecule has 1 aliphatic carbocycles. The number of nitrogens with one attached hydrogen (secondary N) is 2. The first-order chi connectivity index (χ1) is 12.1. The van der Waals surface area contributed by atoms with Crippen molar-refractivity contribution < 1.29 is 14.3 Å². The Hall–Kier alpha value is -2.53. The summed E-state index contributed by atoms with van der Waals surface area (Å²) in [6, 6.07) is 14.1. The molecule has 0 bridgehead atoms. The Morgan fingerprint density at radius 2 is 1.72 bits per heavy atom. The molecule has 2 N–H and O–H groups in total. The van der Waals surface area contributed by atoms with Gasteiger partial charge in [0.15, 0.2) is 0 Å². The molecule has 2 amide bonds. The normalized spacial score (nSPS) is 13.2. The Bertz CT molecular complexity index is 758. The van der Waals surface area contributed by atoms with E-state index in [0.29, 0.717) is 22.1 Å². The van der Waals surface area contributed by atoms with Crippen molar-refractivity contribution in [3.63, 3.8) is 0 Å². The molecule has 0 spiro atoms. The zero-order valence-electron chi connectivity index (χ0n) is 13.6. The number of carbonyl (C=O) groups excluding carboxylic acids is 2. The van der Waals surface area contributed by atoms with Crippen LogP contribution < -0.4 is 15.4 Å². The van der Waals surface area contributed by atoms with Crippen molar-refractivity contribution in [1.82, 2.24) is 0 Å². The minimum absolute atomic E-state index is 0.0415. The monoisotopic (exact) mass is 358 g/mol. The molecule has 25 heavy (non-hydrogen) atoms. The van der Waals surface area contributed by atoms with E-state index in [4.69, 9.17) is 16.3 Å². The predicted octanol–water partition coefficient (Wildman–Crippen LogP) is 4.10. The van der Waals surface area contributed by atoms with Gasteiger partial charge in [-0.25, -0.2) is 0 Å². The van der Waals surface area contributed by atoms with Gasteiger partial charge >= 0.3 is 0 Å². The number of benzene rings is 2. The minimum Gasteiger partial charge on any atom is -0.493 e. The van der Waals surface area contributed by atoms with Crippen LogP contribution in [0, 0.1) is 5.92 Å². The smallest absolute Gasteiger partial charge is 0.227 e. The molecule has 130 valence electrons. The number of anilines is 2. The fourth-order valence-corrected chi connectivity index (χ4v) is 2.41. The number of carbonyl (C=O) groups is 2. The molecule has 0 radical (unpaired) electrons. The van der Waals surface area contributed by atoms with Gasteiger partial charge < -0.3 is 15.4 Å². The third kappa shape index (κ3) is 5.50. The third-order valence-corrected chi connectivity index (χ3v) is 4.03. The number of ether oxygens (including phenoxy) is 1. The maximum atomic E-state index is 12.0. The van der Waals surface area contributed by atoms with E-state index < -0.39 is 0 Å². The molecule has 0 heterocycles. The van der Waals surface area contributed by atoms with E-state index in [2.05, 4.69) is 10.6 Å². The van der Waals surface area contributed by atoms with Crippen LogP contribution in [0.2, 0.25) is 5.02 Å². The predicted molar refractivity (Wildman–Crippen MR) is 98.0 cm³/mol. The van der Waals surface area contributed by atoms with Gasteiger partial charge in [0.25, 0.3) is 0 Å². The Morgan fingerprint density at radius 1 is 1.04 bits per heavy atom.